The molecule has 0 aliphatic heterocycles. The minimum absolute atomic E-state index is 0.0214. The lowest BCUT2D eigenvalue weighted by Gasteiger charge is -2.06. The topological polar surface area (TPSA) is 84.8 Å². The third-order valence-corrected chi connectivity index (χ3v) is 4.26. The fraction of sp³-hybridized carbons (Fsp3) is 0.0833. The quantitative estimate of drug-likeness (QED) is 0.420. The number of halogens is 2. The first-order valence-corrected chi connectivity index (χ1v) is 9.42. The van der Waals surface area contributed by atoms with Gasteiger partial charge in [-0.2, -0.15) is 14.0 Å². The summed E-state index contributed by atoms with van der Waals surface area (Å²) in [5.74, 6) is 5.95. The van der Waals surface area contributed by atoms with Crippen molar-refractivity contribution in [3.63, 3.8) is 0 Å². The van der Waals surface area contributed by atoms with E-state index in [9.17, 15) is 8.78 Å². The Morgan fingerprint density at radius 2 is 1.69 bits per heavy atom. The van der Waals surface area contributed by atoms with Gasteiger partial charge in [0, 0.05) is 17.3 Å². The second-order valence-electron chi connectivity index (χ2n) is 6.54. The van der Waals surface area contributed by atoms with Gasteiger partial charge in [-0.3, -0.25) is 4.98 Å². The zero-order valence-electron chi connectivity index (χ0n) is 16.5. The zero-order valence-corrected chi connectivity index (χ0v) is 16.5. The van der Waals surface area contributed by atoms with Crippen LogP contribution in [0.4, 0.5) is 8.78 Å². The standard InChI is InChI=1S/C24H14F2N4O2/c25-22(26)24-30-29-23(32-24)19-9-10-20(28-14-19)15-31-21-6-2-4-17(12-21)8-7-16-3-1-5-18(11-16)13-27/h1-6,9-12,14,22H,15H2. The van der Waals surface area contributed by atoms with E-state index in [-0.39, 0.29) is 12.5 Å². The molecule has 0 spiro atoms. The summed E-state index contributed by atoms with van der Waals surface area (Å²) in [6, 6.07) is 19.8. The van der Waals surface area contributed by atoms with Crippen LogP contribution in [0.25, 0.3) is 11.5 Å². The number of nitrogens with zero attached hydrogens (tertiary/aromatic N) is 4. The van der Waals surface area contributed by atoms with Gasteiger partial charge < -0.3 is 9.15 Å². The van der Waals surface area contributed by atoms with Crippen LogP contribution in [0.5, 0.6) is 5.75 Å². The molecule has 0 atom stereocenters. The second kappa shape index (κ2) is 9.50. The Labute approximate surface area is 182 Å². The molecule has 0 unspecified atom stereocenters. The van der Waals surface area contributed by atoms with Crippen LogP contribution < -0.4 is 4.74 Å². The molecule has 0 bridgehead atoms. The fourth-order valence-electron chi connectivity index (χ4n) is 2.71. The molecule has 2 heterocycles. The number of aromatic nitrogens is 3. The van der Waals surface area contributed by atoms with Crippen molar-refractivity contribution >= 4 is 0 Å². The maximum absolute atomic E-state index is 12.6. The molecule has 4 rings (SSSR count). The molecular weight excluding hydrogens is 414 g/mol. The van der Waals surface area contributed by atoms with Crippen LogP contribution in [0, 0.1) is 23.2 Å². The zero-order chi connectivity index (χ0) is 22.3. The maximum atomic E-state index is 12.6. The maximum Gasteiger partial charge on any atom is 0.314 e. The summed E-state index contributed by atoms with van der Waals surface area (Å²) in [6.45, 7) is 0.202. The van der Waals surface area contributed by atoms with Gasteiger partial charge in [-0.15, -0.1) is 10.2 Å². The molecular formula is C24H14F2N4O2. The van der Waals surface area contributed by atoms with Gasteiger partial charge in [-0.25, -0.2) is 0 Å². The summed E-state index contributed by atoms with van der Waals surface area (Å²) in [4.78, 5) is 4.24. The van der Waals surface area contributed by atoms with Crippen LogP contribution in [0.2, 0.25) is 0 Å². The van der Waals surface area contributed by atoms with Crippen LogP contribution in [0.1, 0.15) is 34.7 Å². The van der Waals surface area contributed by atoms with Crippen LogP contribution >= 0.6 is 0 Å². The van der Waals surface area contributed by atoms with Crippen molar-refractivity contribution in [3.05, 3.63) is 95.1 Å². The highest BCUT2D eigenvalue weighted by atomic mass is 19.3. The third kappa shape index (κ3) is 5.13. The Hall–Kier alpha value is -4.56. The van der Waals surface area contributed by atoms with Gasteiger partial charge in [-0.05, 0) is 48.5 Å². The monoisotopic (exact) mass is 428 g/mol. The van der Waals surface area contributed by atoms with E-state index in [1.165, 1.54) is 6.20 Å². The summed E-state index contributed by atoms with van der Waals surface area (Å²) in [7, 11) is 0. The summed E-state index contributed by atoms with van der Waals surface area (Å²) in [5.41, 5.74) is 3.14. The van der Waals surface area contributed by atoms with E-state index in [2.05, 4.69) is 33.1 Å². The number of hydrogen-bond acceptors (Lipinski definition) is 6. The Morgan fingerprint density at radius 3 is 2.38 bits per heavy atom. The molecule has 156 valence electrons. The highest BCUT2D eigenvalue weighted by molar-refractivity contribution is 5.51. The molecule has 0 radical (unpaired) electrons. The predicted octanol–water partition coefficient (Wildman–Crippen LogP) is 4.92. The first kappa shape index (κ1) is 20.7. The van der Waals surface area contributed by atoms with Crippen LogP contribution in [0.15, 0.2) is 71.3 Å². The molecule has 0 saturated carbocycles. The van der Waals surface area contributed by atoms with Gasteiger partial charge in [0.05, 0.1) is 22.9 Å². The van der Waals surface area contributed by atoms with Crippen molar-refractivity contribution in [2.24, 2.45) is 0 Å². The van der Waals surface area contributed by atoms with Gasteiger partial charge >= 0.3 is 6.43 Å². The summed E-state index contributed by atoms with van der Waals surface area (Å²) in [6.07, 6.45) is -1.36. The Bertz CT molecular complexity index is 1330. The summed E-state index contributed by atoms with van der Waals surface area (Å²) < 4.78 is 35.8. The number of hydrogen-bond donors (Lipinski definition) is 0. The number of benzene rings is 2. The van der Waals surface area contributed by atoms with Gasteiger partial charge in [0.2, 0.25) is 5.89 Å². The largest absolute Gasteiger partial charge is 0.487 e. The molecule has 0 fully saturated rings. The van der Waals surface area contributed by atoms with Crippen molar-refractivity contribution < 1.29 is 17.9 Å². The van der Waals surface area contributed by atoms with Crippen molar-refractivity contribution in [2.45, 2.75) is 13.0 Å². The lowest BCUT2D eigenvalue weighted by molar-refractivity contribution is 0.116. The minimum atomic E-state index is -2.82. The molecule has 0 amide bonds. The van der Waals surface area contributed by atoms with Crippen LogP contribution in [0.3, 0.4) is 0 Å². The molecule has 0 N–H and O–H groups in total. The minimum Gasteiger partial charge on any atom is -0.487 e. The second-order valence-corrected chi connectivity index (χ2v) is 6.54. The van der Waals surface area contributed by atoms with Crippen molar-refractivity contribution in [2.75, 3.05) is 0 Å². The number of nitriles is 1. The van der Waals surface area contributed by atoms with E-state index in [1.54, 1.807) is 42.5 Å². The Kier molecular flexibility index (Phi) is 6.15. The summed E-state index contributed by atoms with van der Waals surface area (Å²) >= 11 is 0. The number of alkyl halides is 2. The molecule has 0 aliphatic carbocycles. The van der Waals surface area contributed by atoms with E-state index in [1.807, 2.05) is 18.2 Å². The highest BCUT2D eigenvalue weighted by Gasteiger charge is 2.17. The SMILES string of the molecule is N#Cc1cccc(C#Cc2cccc(OCc3ccc(-c4nnc(C(F)F)o4)cn3)c2)c1. The number of ether oxygens (including phenoxy) is 1. The van der Waals surface area contributed by atoms with E-state index in [0.29, 0.717) is 22.6 Å². The van der Waals surface area contributed by atoms with Crippen molar-refractivity contribution in [3.8, 4) is 35.1 Å². The average molecular weight is 428 g/mol. The van der Waals surface area contributed by atoms with Crippen LogP contribution in [-0.2, 0) is 6.61 Å². The summed E-state index contributed by atoms with van der Waals surface area (Å²) in [5, 5.41) is 15.9. The highest BCUT2D eigenvalue weighted by Crippen LogP contribution is 2.23. The molecule has 2 aromatic carbocycles. The van der Waals surface area contributed by atoms with Gasteiger partial charge in [0.15, 0.2) is 0 Å². The molecule has 32 heavy (non-hydrogen) atoms. The Morgan fingerprint density at radius 1 is 0.938 bits per heavy atom. The number of pyridine rings is 1. The predicted molar refractivity (Wildman–Crippen MR) is 110 cm³/mol. The Balaban J connectivity index is 1.40. The van der Waals surface area contributed by atoms with E-state index >= 15 is 0 Å². The fourth-order valence-corrected chi connectivity index (χ4v) is 2.71. The molecule has 0 aliphatic rings. The van der Waals surface area contributed by atoms with Gasteiger partial charge in [0.25, 0.3) is 5.89 Å². The van der Waals surface area contributed by atoms with Crippen molar-refractivity contribution in [1.82, 2.24) is 15.2 Å². The number of rotatable bonds is 5. The van der Waals surface area contributed by atoms with Gasteiger partial charge in [0.1, 0.15) is 12.4 Å². The lowest BCUT2D eigenvalue weighted by atomic mass is 10.1. The first-order chi connectivity index (χ1) is 15.6. The molecule has 2 aromatic heterocycles. The smallest absolute Gasteiger partial charge is 0.314 e. The molecule has 6 nitrogen and oxygen atoms in total. The molecule has 0 saturated heterocycles. The normalized spacial score (nSPS) is 10.3. The third-order valence-electron chi connectivity index (χ3n) is 4.26. The van der Waals surface area contributed by atoms with E-state index in [0.717, 1.165) is 11.1 Å². The van der Waals surface area contributed by atoms with Crippen LogP contribution in [-0.4, -0.2) is 15.2 Å². The van der Waals surface area contributed by atoms with Gasteiger partial charge in [-0.1, -0.05) is 24.0 Å². The van der Waals surface area contributed by atoms with E-state index in [4.69, 9.17) is 14.4 Å². The first-order valence-electron chi connectivity index (χ1n) is 9.42. The average Bonchev–Trinajstić information content (AvgIpc) is 3.33. The van der Waals surface area contributed by atoms with E-state index < -0.39 is 12.3 Å². The molecule has 4 aromatic rings. The lowest BCUT2D eigenvalue weighted by Crippen LogP contribution is -1.98. The van der Waals surface area contributed by atoms with Crippen molar-refractivity contribution in [1.29, 1.82) is 5.26 Å². The molecule has 8 heteroatoms.